The second-order valence-electron chi connectivity index (χ2n) is 6.62. The number of hydrogen-bond donors (Lipinski definition) is 3. The summed E-state index contributed by atoms with van der Waals surface area (Å²) in [4.78, 5) is 11.9. The first-order chi connectivity index (χ1) is 9.08. The van der Waals surface area contributed by atoms with Crippen LogP contribution in [0.5, 0.6) is 0 Å². The van der Waals surface area contributed by atoms with Gasteiger partial charge in [0.15, 0.2) is 0 Å². The smallest absolute Gasteiger partial charge is 0.223 e. The molecule has 2 rings (SSSR count). The van der Waals surface area contributed by atoms with E-state index in [1.165, 1.54) is 19.3 Å². The Morgan fingerprint density at radius 1 is 1.32 bits per heavy atom. The first-order valence-electron chi connectivity index (χ1n) is 7.82. The lowest BCUT2D eigenvalue weighted by atomic mass is 9.85. The van der Waals surface area contributed by atoms with Crippen LogP contribution in [0.15, 0.2) is 0 Å². The Morgan fingerprint density at radius 2 is 2.05 bits per heavy atom. The van der Waals surface area contributed by atoms with Crippen LogP contribution >= 0.6 is 0 Å². The Morgan fingerprint density at radius 3 is 2.58 bits per heavy atom. The van der Waals surface area contributed by atoms with Crippen LogP contribution in [0.2, 0.25) is 0 Å². The lowest BCUT2D eigenvalue weighted by molar-refractivity contribution is -0.126. The summed E-state index contributed by atoms with van der Waals surface area (Å²) < 4.78 is 0. The minimum atomic E-state index is 0.160. The highest BCUT2D eigenvalue weighted by Gasteiger charge is 2.33. The summed E-state index contributed by atoms with van der Waals surface area (Å²) in [6.45, 7) is 4.50. The normalized spacial score (nSPS) is 32.1. The summed E-state index contributed by atoms with van der Waals surface area (Å²) in [5, 5.41) is 10.2. The van der Waals surface area contributed by atoms with E-state index in [4.69, 9.17) is 0 Å². The fraction of sp³-hybridized carbons (Fsp3) is 0.933. The average molecular weight is 267 g/mol. The molecule has 1 aliphatic heterocycles. The average Bonchev–Trinajstić information content (AvgIpc) is 2.31. The van der Waals surface area contributed by atoms with E-state index in [1.807, 2.05) is 0 Å². The maximum absolute atomic E-state index is 11.9. The van der Waals surface area contributed by atoms with Gasteiger partial charge in [-0.15, -0.1) is 0 Å². The van der Waals surface area contributed by atoms with Gasteiger partial charge in [-0.05, 0) is 38.0 Å². The largest absolute Gasteiger partial charge is 0.359 e. The lowest BCUT2D eigenvalue weighted by Crippen LogP contribution is -2.58. The third kappa shape index (κ3) is 4.18. The molecule has 19 heavy (non-hydrogen) atoms. The van der Waals surface area contributed by atoms with Gasteiger partial charge in [0.05, 0.1) is 6.17 Å². The molecule has 1 heterocycles. The van der Waals surface area contributed by atoms with E-state index in [2.05, 4.69) is 29.8 Å². The van der Waals surface area contributed by atoms with Crippen molar-refractivity contribution in [2.75, 3.05) is 7.05 Å². The summed E-state index contributed by atoms with van der Waals surface area (Å²) in [5.74, 6) is 1.04. The van der Waals surface area contributed by atoms with Crippen LogP contribution < -0.4 is 16.0 Å². The Bertz CT molecular complexity index is 302. The van der Waals surface area contributed by atoms with E-state index in [0.29, 0.717) is 24.2 Å². The number of rotatable bonds is 5. The van der Waals surface area contributed by atoms with E-state index in [-0.39, 0.29) is 11.8 Å². The number of hydrogen-bond acceptors (Lipinski definition) is 3. The molecular weight excluding hydrogens is 238 g/mol. The van der Waals surface area contributed by atoms with Crippen molar-refractivity contribution in [3.63, 3.8) is 0 Å². The molecule has 2 aliphatic rings. The molecule has 4 nitrogen and oxygen atoms in total. The van der Waals surface area contributed by atoms with Crippen molar-refractivity contribution < 1.29 is 4.79 Å². The predicted octanol–water partition coefficient (Wildman–Crippen LogP) is 1.61. The minimum absolute atomic E-state index is 0.160. The second kappa shape index (κ2) is 6.71. The number of piperidine rings is 1. The number of nitrogens with one attached hydrogen (secondary N) is 3. The van der Waals surface area contributed by atoms with E-state index < -0.39 is 0 Å². The van der Waals surface area contributed by atoms with Crippen molar-refractivity contribution in [2.45, 2.75) is 70.6 Å². The third-order valence-electron chi connectivity index (χ3n) is 4.44. The number of carbonyl (C=O) groups excluding carboxylic acids is 1. The summed E-state index contributed by atoms with van der Waals surface area (Å²) in [5.41, 5.74) is 0. The molecular formula is C15H29N3O. The van der Waals surface area contributed by atoms with Crippen LogP contribution in [0.4, 0.5) is 0 Å². The highest BCUT2D eigenvalue weighted by molar-refractivity contribution is 5.78. The van der Waals surface area contributed by atoms with Gasteiger partial charge >= 0.3 is 0 Å². The van der Waals surface area contributed by atoms with Gasteiger partial charge in [0, 0.05) is 25.0 Å². The van der Waals surface area contributed by atoms with E-state index in [9.17, 15) is 4.79 Å². The molecule has 0 aromatic heterocycles. The SMILES string of the molecule is CNC(=O)C1CC(CC(C)C)NC(NC2CCC2)C1. The highest BCUT2D eigenvalue weighted by Crippen LogP contribution is 2.26. The molecule has 3 N–H and O–H groups in total. The Balaban J connectivity index is 1.91. The fourth-order valence-corrected chi connectivity index (χ4v) is 3.27. The zero-order valence-electron chi connectivity index (χ0n) is 12.5. The van der Waals surface area contributed by atoms with Crippen molar-refractivity contribution in [3.05, 3.63) is 0 Å². The van der Waals surface area contributed by atoms with E-state index >= 15 is 0 Å². The zero-order chi connectivity index (χ0) is 13.8. The molecule has 110 valence electrons. The van der Waals surface area contributed by atoms with Crippen LogP contribution in [-0.2, 0) is 4.79 Å². The van der Waals surface area contributed by atoms with Crippen molar-refractivity contribution in [2.24, 2.45) is 11.8 Å². The molecule has 3 atom stereocenters. The van der Waals surface area contributed by atoms with Crippen molar-refractivity contribution in [1.82, 2.24) is 16.0 Å². The third-order valence-corrected chi connectivity index (χ3v) is 4.44. The highest BCUT2D eigenvalue weighted by atomic mass is 16.1. The number of carbonyl (C=O) groups is 1. The summed E-state index contributed by atoms with van der Waals surface area (Å²) >= 11 is 0. The van der Waals surface area contributed by atoms with Gasteiger partial charge in [-0.2, -0.15) is 0 Å². The summed E-state index contributed by atoms with van der Waals surface area (Å²) in [7, 11) is 1.75. The van der Waals surface area contributed by atoms with Gasteiger partial charge in [-0.3, -0.25) is 15.4 Å². The Labute approximate surface area is 117 Å². The minimum Gasteiger partial charge on any atom is -0.359 e. The van der Waals surface area contributed by atoms with E-state index in [0.717, 1.165) is 19.3 Å². The number of amides is 1. The summed E-state index contributed by atoms with van der Waals surface area (Å²) in [6, 6.07) is 1.13. The first kappa shape index (κ1) is 14.8. The summed E-state index contributed by atoms with van der Waals surface area (Å²) in [6.07, 6.45) is 7.28. The van der Waals surface area contributed by atoms with Gasteiger partial charge in [-0.25, -0.2) is 0 Å². The fourth-order valence-electron chi connectivity index (χ4n) is 3.27. The molecule has 3 unspecified atom stereocenters. The van der Waals surface area contributed by atoms with Crippen LogP contribution in [-0.4, -0.2) is 31.2 Å². The quantitative estimate of drug-likeness (QED) is 0.709. The van der Waals surface area contributed by atoms with Crippen molar-refractivity contribution >= 4 is 5.91 Å². The molecule has 4 heteroatoms. The molecule has 1 saturated heterocycles. The van der Waals surface area contributed by atoms with Crippen LogP contribution in [0.3, 0.4) is 0 Å². The monoisotopic (exact) mass is 267 g/mol. The molecule has 1 amide bonds. The van der Waals surface area contributed by atoms with Crippen LogP contribution in [0, 0.1) is 11.8 Å². The predicted molar refractivity (Wildman–Crippen MR) is 77.7 cm³/mol. The van der Waals surface area contributed by atoms with Crippen molar-refractivity contribution in [3.8, 4) is 0 Å². The molecule has 0 bridgehead atoms. The van der Waals surface area contributed by atoms with Gasteiger partial charge in [0.1, 0.15) is 0 Å². The lowest BCUT2D eigenvalue weighted by Gasteiger charge is -2.40. The Hall–Kier alpha value is -0.610. The molecule has 2 fully saturated rings. The molecule has 1 saturated carbocycles. The first-order valence-corrected chi connectivity index (χ1v) is 7.82. The Kier molecular flexibility index (Phi) is 5.22. The maximum Gasteiger partial charge on any atom is 0.223 e. The zero-order valence-corrected chi connectivity index (χ0v) is 12.5. The maximum atomic E-state index is 11.9. The standard InChI is InChI=1S/C15H29N3O/c1-10(2)7-13-8-11(15(19)16-3)9-14(18-13)17-12-5-4-6-12/h10-14,17-18H,4-9H2,1-3H3,(H,16,19). The van der Waals surface area contributed by atoms with Gasteiger partial charge in [-0.1, -0.05) is 20.3 Å². The topological polar surface area (TPSA) is 53.2 Å². The van der Waals surface area contributed by atoms with E-state index in [1.54, 1.807) is 7.05 Å². The molecule has 0 aromatic rings. The van der Waals surface area contributed by atoms with Crippen LogP contribution in [0.25, 0.3) is 0 Å². The molecule has 0 spiro atoms. The second-order valence-corrected chi connectivity index (χ2v) is 6.62. The molecule has 0 aromatic carbocycles. The van der Waals surface area contributed by atoms with Gasteiger partial charge in [0.2, 0.25) is 5.91 Å². The molecule has 1 aliphatic carbocycles. The van der Waals surface area contributed by atoms with Crippen LogP contribution in [0.1, 0.15) is 52.4 Å². The van der Waals surface area contributed by atoms with Crippen molar-refractivity contribution in [1.29, 1.82) is 0 Å². The van der Waals surface area contributed by atoms with Gasteiger partial charge < -0.3 is 5.32 Å². The van der Waals surface area contributed by atoms with Gasteiger partial charge in [0.25, 0.3) is 0 Å². The molecule has 0 radical (unpaired) electrons.